The van der Waals surface area contributed by atoms with Crippen molar-refractivity contribution in [2.24, 2.45) is 0 Å². The van der Waals surface area contributed by atoms with Crippen molar-refractivity contribution in [2.45, 2.75) is 56.9 Å². The maximum absolute atomic E-state index is 13.9. The fourth-order valence-electron chi connectivity index (χ4n) is 7.76. The van der Waals surface area contributed by atoms with Crippen LogP contribution in [0.15, 0.2) is 75.3 Å². The number of esters is 1. The summed E-state index contributed by atoms with van der Waals surface area (Å²) in [4.78, 5) is 71.8. The normalized spacial score (nSPS) is 28.0. The van der Waals surface area contributed by atoms with Gasteiger partial charge in [-0.05, 0) is 57.5 Å². The number of rotatable bonds is 6. The number of piperazine rings is 1. The number of likely N-dealkylation sites (N-methyl/N-ethyl adjacent to an activating group) is 1. The van der Waals surface area contributed by atoms with Crippen LogP contribution < -0.4 is 0 Å². The first kappa shape index (κ1) is 32.0. The minimum atomic E-state index is -1.07. The molecular weight excluding hydrogens is 609 g/mol. The van der Waals surface area contributed by atoms with E-state index in [-0.39, 0.29) is 58.0 Å². The van der Waals surface area contributed by atoms with Crippen LogP contribution in [0.2, 0.25) is 0 Å². The van der Waals surface area contributed by atoms with Gasteiger partial charge >= 0.3 is 5.97 Å². The highest BCUT2D eigenvalue weighted by molar-refractivity contribution is 6.26. The summed E-state index contributed by atoms with van der Waals surface area (Å²) in [6.45, 7) is 2.61. The van der Waals surface area contributed by atoms with Crippen molar-refractivity contribution in [1.82, 2.24) is 9.80 Å². The molecule has 1 aromatic carbocycles. The van der Waals surface area contributed by atoms with Crippen LogP contribution in [0.25, 0.3) is 6.08 Å². The highest BCUT2D eigenvalue weighted by Gasteiger charge is 2.60. The fraction of sp³-hybridized carbons (Fsp3) is 0.371. The molecular formula is C35H32FN3O8. The third-order valence-corrected chi connectivity index (χ3v) is 9.86. The SMILES string of the molecule is COC1=C(C)C(=O)C2=C(C1=O)[C@H]1[C@@H]3CC4=C(C(=O)C(OC)=C(C)C4=O)[C@H](COC(=O)/C=C/c4cccc(F)c4)N3[C@@H](C#N)[C@H](C2)N1C. The molecule has 0 spiro atoms. The van der Waals surface area contributed by atoms with E-state index < -0.39 is 66.0 Å². The summed E-state index contributed by atoms with van der Waals surface area (Å²) in [5.41, 5.74) is 1.52. The maximum Gasteiger partial charge on any atom is 0.330 e. The van der Waals surface area contributed by atoms with Gasteiger partial charge in [-0.1, -0.05) is 12.1 Å². The van der Waals surface area contributed by atoms with Crippen molar-refractivity contribution in [3.63, 3.8) is 0 Å². The molecule has 0 N–H and O–H groups in total. The van der Waals surface area contributed by atoms with Gasteiger partial charge in [-0.2, -0.15) is 5.26 Å². The van der Waals surface area contributed by atoms with Crippen LogP contribution in [0.5, 0.6) is 0 Å². The highest BCUT2D eigenvalue weighted by atomic mass is 19.1. The summed E-state index contributed by atoms with van der Waals surface area (Å²) >= 11 is 0. The van der Waals surface area contributed by atoms with E-state index in [1.165, 1.54) is 52.3 Å². The van der Waals surface area contributed by atoms with Gasteiger partial charge < -0.3 is 14.2 Å². The number of ketones is 4. The predicted molar refractivity (Wildman–Crippen MR) is 163 cm³/mol. The van der Waals surface area contributed by atoms with Gasteiger partial charge in [0.15, 0.2) is 23.1 Å². The first-order valence-corrected chi connectivity index (χ1v) is 15.1. The number of hydrogen-bond acceptors (Lipinski definition) is 11. The molecule has 47 heavy (non-hydrogen) atoms. The third-order valence-electron chi connectivity index (χ3n) is 9.86. The lowest BCUT2D eigenvalue weighted by Crippen LogP contribution is -2.74. The Morgan fingerprint density at radius 1 is 0.957 bits per heavy atom. The number of nitrogens with zero attached hydrogens (tertiary/aromatic N) is 3. The Labute approximate surface area is 270 Å². The Morgan fingerprint density at radius 2 is 1.55 bits per heavy atom. The second-order valence-corrected chi connectivity index (χ2v) is 12.1. The van der Waals surface area contributed by atoms with Crippen LogP contribution in [-0.4, -0.2) is 97.0 Å². The van der Waals surface area contributed by atoms with Crippen LogP contribution in [0.3, 0.4) is 0 Å². The maximum atomic E-state index is 13.9. The second kappa shape index (κ2) is 12.0. The molecule has 1 aromatic rings. The topological polar surface area (TPSA) is 143 Å². The zero-order valence-electron chi connectivity index (χ0n) is 26.5. The molecule has 12 heteroatoms. The van der Waals surface area contributed by atoms with Crippen molar-refractivity contribution < 1.29 is 42.6 Å². The number of nitriles is 1. The molecule has 0 radical (unpaired) electrons. The zero-order chi connectivity index (χ0) is 33.9. The van der Waals surface area contributed by atoms with Crippen molar-refractivity contribution in [3.8, 4) is 6.07 Å². The summed E-state index contributed by atoms with van der Waals surface area (Å²) in [5.74, 6) is -3.23. The molecule has 0 saturated carbocycles. The van der Waals surface area contributed by atoms with Crippen LogP contribution in [0, 0.1) is 17.1 Å². The van der Waals surface area contributed by atoms with Crippen LogP contribution in [0.1, 0.15) is 32.3 Å². The zero-order valence-corrected chi connectivity index (χ0v) is 26.5. The Kier molecular flexibility index (Phi) is 8.15. The summed E-state index contributed by atoms with van der Waals surface area (Å²) in [5, 5.41) is 10.6. The number of hydrogen-bond donors (Lipinski definition) is 0. The number of Topliss-reactive ketones (excluding diaryl/α,β-unsaturated/α-hetero) is 4. The van der Waals surface area contributed by atoms with Gasteiger partial charge in [0.2, 0.25) is 11.6 Å². The number of carbonyl (C=O) groups excluding carboxylic acids is 5. The standard InChI is InChI=1S/C35H32FN3O8/c1-16-30(41)20-13-23-29-28-21(31(42)17(2)35(46-5)33(28)44)12-22(38(29)3)24(14-37)39(23)25(27(20)32(43)34(16)45-4)15-47-26(40)10-9-18-7-6-8-19(36)11-18/h6-11,22-25,29H,12-13,15H2,1-5H3/b10-9+/t22-,23-,24-,25-,29+/m0/s1. The van der Waals surface area contributed by atoms with E-state index >= 15 is 0 Å². The van der Waals surface area contributed by atoms with E-state index in [1.807, 2.05) is 4.90 Å². The average molecular weight is 642 g/mol. The number of carbonyl (C=O) groups is 5. The second-order valence-electron chi connectivity index (χ2n) is 12.1. The van der Waals surface area contributed by atoms with Crippen LogP contribution in [-0.2, 0) is 38.2 Å². The number of halogens is 1. The first-order chi connectivity index (χ1) is 22.4. The van der Waals surface area contributed by atoms with Gasteiger partial charge in [0.05, 0.1) is 32.4 Å². The molecule has 3 heterocycles. The van der Waals surface area contributed by atoms with E-state index in [0.717, 1.165) is 6.08 Å². The summed E-state index contributed by atoms with van der Waals surface area (Å²) in [7, 11) is 4.38. The van der Waals surface area contributed by atoms with Crippen LogP contribution >= 0.6 is 0 Å². The van der Waals surface area contributed by atoms with E-state index in [0.29, 0.717) is 11.1 Å². The molecule has 0 unspecified atom stereocenters. The first-order valence-electron chi connectivity index (χ1n) is 15.1. The summed E-state index contributed by atoms with van der Waals surface area (Å²) in [6.07, 6.45) is 2.58. The van der Waals surface area contributed by atoms with Crippen LogP contribution in [0.4, 0.5) is 4.39 Å². The van der Waals surface area contributed by atoms with Gasteiger partial charge in [-0.15, -0.1) is 0 Å². The molecule has 0 amide bonds. The van der Waals surface area contributed by atoms with E-state index in [9.17, 15) is 33.6 Å². The van der Waals surface area contributed by atoms with Gasteiger partial charge in [0.1, 0.15) is 18.5 Å². The molecule has 1 fully saturated rings. The number of ether oxygens (including phenoxy) is 3. The number of benzene rings is 1. The fourth-order valence-corrected chi connectivity index (χ4v) is 7.76. The molecule has 0 aromatic heterocycles. The Bertz CT molecular complexity index is 1860. The third kappa shape index (κ3) is 4.89. The molecule has 5 aliphatic rings. The largest absolute Gasteiger partial charge is 0.492 e. The van der Waals surface area contributed by atoms with Gasteiger partial charge in [0, 0.05) is 51.6 Å². The Hall–Kier alpha value is -4.99. The quantitative estimate of drug-likeness (QED) is 0.257. The molecule has 2 aliphatic carbocycles. The lowest BCUT2D eigenvalue weighted by Gasteiger charge is -2.60. The van der Waals surface area contributed by atoms with Crippen molar-refractivity contribution >= 4 is 35.2 Å². The average Bonchev–Trinajstić information content (AvgIpc) is 3.04. The van der Waals surface area contributed by atoms with Gasteiger partial charge in [0.25, 0.3) is 0 Å². The number of methoxy groups -OCH3 is 2. The van der Waals surface area contributed by atoms with Crippen molar-refractivity contribution in [3.05, 3.63) is 86.7 Å². The lowest BCUT2D eigenvalue weighted by molar-refractivity contribution is -0.142. The minimum absolute atomic E-state index is 0.0126. The highest BCUT2D eigenvalue weighted by Crippen LogP contribution is 2.49. The van der Waals surface area contributed by atoms with Gasteiger partial charge in [-0.25, -0.2) is 9.18 Å². The van der Waals surface area contributed by atoms with E-state index in [2.05, 4.69) is 6.07 Å². The molecule has 3 aliphatic heterocycles. The lowest BCUT2D eigenvalue weighted by atomic mass is 9.67. The van der Waals surface area contributed by atoms with Gasteiger partial charge in [-0.3, -0.25) is 29.0 Å². The summed E-state index contributed by atoms with van der Waals surface area (Å²) in [6, 6.07) is 3.91. The Balaban J connectivity index is 1.45. The smallest absolute Gasteiger partial charge is 0.330 e. The number of fused-ring (bicyclic) bond motifs is 5. The molecule has 11 nitrogen and oxygen atoms in total. The molecule has 242 valence electrons. The van der Waals surface area contributed by atoms with E-state index in [4.69, 9.17) is 14.2 Å². The minimum Gasteiger partial charge on any atom is -0.492 e. The summed E-state index contributed by atoms with van der Waals surface area (Å²) < 4.78 is 30.0. The monoisotopic (exact) mass is 641 g/mol. The molecule has 6 rings (SSSR count). The number of allylic oxidation sites excluding steroid dienone is 4. The van der Waals surface area contributed by atoms with Crippen molar-refractivity contribution in [2.75, 3.05) is 27.9 Å². The predicted octanol–water partition coefficient (Wildman–Crippen LogP) is 2.54. The Morgan fingerprint density at radius 3 is 2.15 bits per heavy atom. The molecule has 5 atom stereocenters. The van der Waals surface area contributed by atoms with Crippen molar-refractivity contribution in [1.29, 1.82) is 5.26 Å². The van der Waals surface area contributed by atoms with E-state index in [1.54, 1.807) is 18.0 Å². The molecule has 1 saturated heterocycles. The molecule has 2 bridgehead atoms.